The van der Waals surface area contributed by atoms with Gasteiger partial charge in [0.2, 0.25) is 0 Å². The third kappa shape index (κ3) is 42.0. The fourth-order valence-corrected chi connectivity index (χ4v) is 16.0. The molecule has 2 saturated heterocycles. The average Bonchev–Trinajstić information content (AvgIpc) is 1.62. The number of benzene rings is 8. The first-order valence-electron chi connectivity index (χ1n) is 46.1. The van der Waals surface area contributed by atoms with E-state index in [0.717, 1.165) is 149 Å². The minimum Gasteiger partial charge on any atom is -1.00 e. The van der Waals surface area contributed by atoms with Crippen LogP contribution in [0.5, 0.6) is 17.2 Å². The molecular weight excluding hydrogens is 2230 g/mol. The van der Waals surface area contributed by atoms with Crippen LogP contribution in [-0.4, -0.2) is 164 Å². The maximum absolute atomic E-state index is 11.9. The van der Waals surface area contributed by atoms with E-state index in [9.17, 15) is 49.7 Å². The van der Waals surface area contributed by atoms with Gasteiger partial charge in [0.15, 0.2) is 0 Å². The summed E-state index contributed by atoms with van der Waals surface area (Å²) in [7, 11) is -1.00. The molecule has 12 aromatic rings. The van der Waals surface area contributed by atoms with Crippen LogP contribution < -0.4 is 144 Å². The van der Waals surface area contributed by atoms with Crippen molar-refractivity contribution in [2.75, 3.05) is 123 Å². The molecule has 2 fully saturated rings. The van der Waals surface area contributed by atoms with E-state index in [1.165, 1.54) is 58.3 Å². The number of ether oxygens (including phenoxy) is 6. The zero-order valence-corrected chi connectivity index (χ0v) is 97.4. The van der Waals surface area contributed by atoms with Gasteiger partial charge in [0.1, 0.15) is 41.5 Å². The average molecular weight is 2350 g/mol. The molecule has 0 aliphatic carbocycles. The van der Waals surface area contributed by atoms with E-state index in [0.29, 0.717) is 104 Å². The number of likely N-dealkylation sites (tertiary alicyclic amines) is 1. The number of halogens is 9. The van der Waals surface area contributed by atoms with Crippen LogP contribution in [0, 0.1) is 52.2 Å². The Balaban J connectivity index is 0.000000888. The van der Waals surface area contributed by atoms with Gasteiger partial charge in [0.25, 0.3) is 6.47 Å². The Morgan fingerprint density at radius 3 is 1.07 bits per heavy atom. The van der Waals surface area contributed by atoms with Gasteiger partial charge >= 0.3 is 130 Å². The monoisotopic (exact) mass is 2350 g/mol. The summed E-state index contributed by atoms with van der Waals surface area (Å²) in [5.41, 5.74) is 16.3. The van der Waals surface area contributed by atoms with Crippen LogP contribution in [0.25, 0.3) is 88.6 Å². The second-order valence-corrected chi connectivity index (χ2v) is 38.6. The summed E-state index contributed by atoms with van der Waals surface area (Å²) in [6.45, 7) is 28.2. The third-order valence-electron chi connectivity index (χ3n) is 20.8. The van der Waals surface area contributed by atoms with Crippen LogP contribution in [0.3, 0.4) is 0 Å². The van der Waals surface area contributed by atoms with Crippen molar-refractivity contribution in [1.29, 1.82) is 21.0 Å². The summed E-state index contributed by atoms with van der Waals surface area (Å²) < 4.78 is 55.8. The molecule has 8 aromatic carbocycles. The number of nitriles is 4. The molecular formula is C103H124BBr4Cl4FK2N14O14. The van der Waals surface area contributed by atoms with Gasteiger partial charge in [-0.25, -0.2) is 19.2 Å². The Labute approximate surface area is 980 Å². The van der Waals surface area contributed by atoms with Crippen LogP contribution in [0.2, 0.25) is 0 Å². The fraction of sp³-hybridized carbons (Fsp3) is 0.369. The largest absolute Gasteiger partial charge is 1.00 e. The summed E-state index contributed by atoms with van der Waals surface area (Å²) in [4.78, 5) is 60.7. The molecule has 4 aromatic heterocycles. The van der Waals surface area contributed by atoms with Gasteiger partial charge in [0.05, 0.1) is 121 Å². The van der Waals surface area contributed by atoms with Crippen LogP contribution in [-0.2, 0) is 54.8 Å². The standard InChI is InChI=1S/C27H32N4O3.C23H24ClN3O3.C21H21N3O2.C20H19N3O3.C4H8BrCl.C4H9N.CH2Cl2.CH3F.CH2O3.CH4.BBr3.2K.H/c1-3-31-25-18-22(34-16-8-15-30-13-5-6-14-30)11-12-23(25)24(19-28)26(31)20-9-7-10-21(17-20)29-27(32)33-4-2;1-3-27-21-14-18(30-12-6-11-24)9-10-19(21)20(15-25)22(27)16-7-5-8-17(13-16)26-23(28)29-4-2;1-4-24-19-11-14(3)9-10-17(19)18(13-22)20(24)15-7-6-8-16(12-15)23-21(25)26-5-2;1-3-23-18-11-15(24)8-9-16(18)17(12-21)19(23)13-6-5-7-14(10-13)22-20(25)26-4-2;5-3-1-2-4-6;1-2-4-5-3-1;2-1-3;1-2;2-1-4-3;;2-1(3)4;;;/h7,9-12,17-18H,3-6,8,13-16H2,1-2H3,(H,29,32);5,7-10,13-14H,3-4,6,11-12H2,1-2H3,(H,26,28);6-12H,4-5H2,1-3H3,(H,23,25);5-11,24H,3-4H2,1-2H3,(H,22,25);1-4H2;5H,1-4H2;1H2;1H3;1,3H;1H4;;;;/q;;;;;;;;;;;2*+1;-1/p-1/i;;;;;;;1D;;;;;;. The number of aromatic nitrogens is 4. The van der Waals surface area contributed by atoms with Crippen LogP contribution in [0.4, 0.5) is 46.3 Å². The van der Waals surface area contributed by atoms with Gasteiger partial charge in [0, 0.05) is 135 Å². The van der Waals surface area contributed by atoms with E-state index in [4.69, 9.17) is 86.2 Å². The third-order valence-corrected chi connectivity index (χ3v) is 21.9. The quantitative estimate of drug-likeness (QED) is 0.00482. The number of phenolic OH excluding ortho intramolecular Hbond substituents is 1. The number of fused-ring (bicyclic) bond motifs is 4. The maximum atomic E-state index is 11.9. The van der Waals surface area contributed by atoms with E-state index >= 15 is 0 Å². The second kappa shape index (κ2) is 74.9. The van der Waals surface area contributed by atoms with Gasteiger partial charge in [-0.1, -0.05) is 84.0 Å². The van der Waals surface area contributed by atoms with Gasteiger partial charge < -0.3 is 73.6 Å². The minimum absolute atomic E-state index is 0. The number of nitrogens with one attached hydrogen (secondary N) is 5. The Morgan fingerprint density at radius 1 is 0.497 bits per heavy atom. The number of hydrogen-bond donors (Lipinski definition) is 6. The van der Waals surface area contributed by atoms with Gasteiger partial charge in [-0.05, 0) is 236 Å². The molecule has 28 nitrogen and oxygen atoms in total. The summed E-state index contributed by atoms with van der Waals surface area (Å²) in [5, 5.41) is 76.6. The Kier molecular flexibility index (Phi) is 67.6. The Bertz CT molecular complexity index is 5960. The number of anilines is 4. The van der Waals surface area contributed by atoms with Gasteiger partial charge in [-0.15, -0.1) is 93.7 Å². The fourth-order valence-electron chi connectivity index (χ4n) is 15.3. The van der Waals surface area contributed by atoms with E-state index in [2.05, 4.69) is 157 Å². The topological polar surface area (TPSA) is 372 Å². The van der Waals surface area contributed by atoms with Crippen molar-refractivity contribution in [1.82, 2.24) is 28.5 Å². The minimum atomic E-state index is -1.00. The summed E-state index contributed by atoms with van der Waals surface area (Å²) in [6, 6.07) is 61.8. The number of phenols is 1. The number of alkyl halides is 6. The van der Waals surface area contributed by atoms with E-state index in [1.807, 2.05) is 141 Å². The Morgan fingerprint density at radius 2 is 0.797 bits per heavy atom. The summed E-state index contributed by atoms with van der Waals surface area (Å²) in [6.07, 6.45) is 7.46. The first-order chi connectivity index (χ1) is 68.3. The first-order valence-corrected chi connectivity index (χ1v) is 51.4. The van der Waals surface area contributed by atoms with Gasteiger partial charge in [-0.2, -0.15) is 21.0 Å². The van der Waals surface area contributed by atoms with Crippen molar-refractivity contribution in [3.8, 4) is 86.6 Å². The Hall–Kier alpha value is -7.94. The van der Waals surface area contributed by atoms with E-state index in [1.54, 1.807) is 76.2 Å². The molecule has 758 valence electrons. The second-order valence-electron chi connectivity index (χ2n) is 29.8. The van der Waals surface area contributed by atoms with Crippen LogP contribution in [0.1, 0.15) is 145 Å². The number of amides is 4. The number of hydrogen-bond acceptors (Lipinski definition) is 20. The molecule has 6 N–H and O–H groups in total. The predicted octanol–water partition coefficient (Wildman–Crippen LogP) is 21.1. The maximum Gasteiger partial charge on any atom is 1.00 e. The van der Waals surface area contributed by atoms with Crippen LogP contribution >= 0.6 is 110 Å². The molecule has 2 aliphatic heterocycles. The van der Waals surface area contributed by atoms with Crippen molar-refractivity contribution in [3.05, 3.63) is 198 Å². The smallest absolute Gasteiger partial charge is 1.00 e. The summed E-state index contributed by atoms with van der Waals surface area (Å²) >= 11 is 33.2. The molecule has 0 saturated carbocycles. The van der Waals surface area contributed by atoms with Crippen molar-refractivity contribution in [2.45, 2.75) is 147 Å². The molecule has 0 spiro atoms. The van der Waals surface area contributed by atoms with Crippen molar-refractivity contribution < 1.29 is 178 Å². The zero-order chi connectivity index (χ0) is 104. The molecule has 14 rings (SSSR count). The van der Waals surface area contributed by atoms with Crippen LogP contribution in [0.15, 0.2) is 170 Å². The number of carbonyl (C=O) groups is 5. The summed E-state index contributed by atoms with van der Waals surface area (Å²) in [5.74, 6) is 3.06. The SMILES string of the molecule is BrB(Br)Br.C.C1CCNC1.CCOC(=O)Nc1cccc(-c2c(C#N)c3ccc(C)cc3n2CC)c1.CCOC(=O)Nc1cccc(-c2c(C#N)c3ccc(O)cc3n2CC)c1.CCOC(=O)Nc1cccc(-c2c(C#N)c3ccc(OCCCCl)cc3n2CC)c1.CCOC(=O)Nc1cccc(-c2c(C#N)c3ccc(OCCCN4CCCC4)cc3n2CC)c1.ClCCCCBr.ClCCl.O=CO[O-].[2H]CF.[H-].[K+].[K+]. The van der Waals surface area contributed by atoms with Crippen molar-refractivity contribution >= 4 is 210 Å². The number of aryl methyl sites for hydroxylation is 5. The number of unbranched alkanes of at least 4 members (excludes halogenated alkanes) is 1. The number of carbonyl (C=O) groups excluding carboxylic acids is 5. The molecule has 0 atom stereocenters. The molecule has 0 unspecified atom stereocenters. The molecule has 0 bridgehead atoms. The van der Waals surface area contributed by atoms with Crippen molar-refractivity contribution in [2.24, 2.45) is 0 Å². The molecule has 143 heavy (non-hydrogen) atoms. The normalized spacial score (nSPS) is 11.1. The number of nitrogens with zero attached hydrogens (tertiary/aromatic N) is 9. The van der Waals surface area contributed by atoms with Gasteiger partial charge in [-0.3, -0.25) is 30.5 Å². The first kappa shape index (κ1) is 129. The number of rotatable bonds is 29. The number of aromatic hydroxyl groups is 1. The van der Waals surface area contributed by atoms with Crippen molar-refractivity contribution in [3.63, 3.8) is 0 Å². The molecule has 40 heteroatoms. The van der Waals surface area contributed by atoms with E-state index < -0.39 is 31.5 Å². The molecule has 4 amide bonds. The predicted molar refractivity (Wildman–Crippen MR) is 584 cm³/mol. The van der Waals surface area contributed by atoms with E-state index in [-0.39, 0.29) is 139 Å². The molecule has 0 radical (unpaired) electrons. The molecule has 6 heterocycles. The zero-order valence-electron chi connectivity index (χ0n) is 83.8. The molecule has 2 aliphatic rings.